The van der Waals surface area contributed by atoms with E-state index < -0.39 is 0 Å². The van der Waals surface area contributed by atoms with Gasteiger partial charge >= 0.3 is 0 Å². The Labute approximate surface area is 117 Å². The fourth-order valence-corrected chi connectivity index (χ4v) is 2.04. The van der Waals surface area contributed by atoms with E-state index in [1.165, 1.54) is 6.08 Å². The minimum Gasteiger partial charge on any atom is -0.482 e. The van der Waals surface area contributed by atoms with Gasteiger partial charge in [0.15, 0.2) is 12.4 Å². The van der Waals surface area contributed by atoms with Gasteiger partial charge in [0.25, 0.3) is 5.91 Å². The number of anilines is 1. The average Bonchev–Trinajstić information content (AvgIpc) is 2.35. The van der Waals surface area contributed by atoms with Crippen molar-refractivity contribution >= 4 is 51.0 Å². The van der Waals surface area contributed by atoms with E-state index in [2.05, 4.69) is 21.2 Å². The second-order valence-corrected chi connectivity index (χ2v) is 4.76. The summed E-state index contributed by atoms with van der Waals surface area (Å²) in [5.74, 6) is 0.173. The summed E-state index contributed by atoms with van der Waals surface area (Å²) >= 11 is 8.77. The second-order valence-electron chi connectivity index (χ2n) is 3.64. The molecular weight excluding hydrogens is 321 g/mol. The third-order valence-electron chi connectivity index (χ3n) is 2.31. The van der Waals surface area contributed by atoms with Gasteiger partial charge in [0, 0.05) is 4.47 Å². The summed E-state index contributed by atoms with van der Waals surface area (Å²) in [6.07, 6.45) is 3.05. The van der Waals surface area contributed by atoms with Crippen LogP contribution in [-0.2, 0) is 9.59 Å². The quantitative estimate of drug-likeness (QED) is 0.684. The van der Waals surface area contributed by atoms with Crippen LogP contribution in [0.2, 0.25) is 0 Å². The molecule has 0 radical (unpaired) electrons. The SMILES string of the molecule is O=C(C=Cc1cc2c(cc1Br)NC(=O)CO2)CCl. The van der Waals surface area contributed by atoms with Gasteiger partial charge in [0.1, 0.15) is 5.75 Å². The van der Waals surface area contributed by atoms with Crippen LogP contribution < -0.4 is 10.1 Å². The molecule has 1 aliphatic rings. The molecule has 0 fully saturated rings. The Morgan fingerprint density at radius 2 is 2.33 bits per heavy atom. The summed E-state index contributed by atoms with van der Waals surface area (Å²) in [5.41, 5.74) is 1.39. The summed E-state index contributed by atoms with van der Waals surface area (Å²) in [4.78, 5) is 22.3. The van der Waals surface area contributed by atoms with E-state index in [0.29, 0.717) is 11.4 Å². The Bertz CT molecular complexity index is 542. The number of benzene rings is 1. The number of alkyl halides is 1. The smallest absolute Gasteiger partial charge is 0.262 e. The van der Waals surface area contributed by atoms with Crippen molar-refractivity contribution in [3.63, 3.8) is 0 Å². The normalized spacial score (nSPS) is 14.0. The summed E-state index contributed by atoms with van der Waals surface area (Å²) in [7, 11) is 0. The molecule has 1 aliphatic heterocycles. The molecule has 94 valence electrons. The van der Waals surface area contributed by atoms with Gasteiger partial charge in [-0.25, -0.2) is 0 Å². The maximum atomic E-state index is 11.2. The van der Waals surface area contributed by atoms with Gasteiger partial charge in [-0.1, -0.05) is 22.0 Å². The highest BCUT2D eigenvalue weighted by atomic mass is 79.9. The zero-order valence-electron chi connectivity index (χ0n) is 9.20. The lowest BCUT2D eigenvalue weighted by Gasteiger charge is -2.18. The Morgan fingerprint density at radius 3 is 3.06 bits per heavy atom. The molecule has 0 saturated heterocycles. The zero-order chi connectivity index (χ0) is 13.1. The maximum absolute atomic E-state index is 11.2. The van der Waals surface area contributed by atoms with E-state index in [1.807, 2.05) is 0 Å². The first-order chi connectivity index (χ1) is 8.60. The van der Waals surface area contributed by atoms with Crippen LogP contribution in [0.3, 0.4) is 0 Å². The lowest BCUT2D eigenvalue weighted by atomic mass is 10.1. The number of hydrogen-bond acceptors (Lipinski definition) is 3. The first kappa shape index (κ1) is 13.1. The van der Waals surface area contributed by atoms with Crippen LogP contribution in [0.4, 0.5) is 5.69 Å². The molecule has 0 atom stereocenters. The van der Waals surface area contributed by atoms with E-state index in [0.717, 1.165) is 10.0 Å². The average molecular weight is 331 g/mol. The van der Waals surface area contributed by atoms with Crippen LogP contribution in [0.25, 0.3) is 6.08 Å². The van der Waals surface area contributed by atoms with Gasteiger partial charge in [-0.15, -0.1) is 11.6 Å². The van der Waals surface area contributed by atoms with Gasteiger partial charge in [-0.05, 0) is 23.8 Å². The van der Waals surface area contributed by atoms with Crippen molar-refractivity contribution in [1.82, 2.24) is 0 Å². The number of ether oxygens (including phenoxy) is 1. The zero-order valence-corrected chi connectivity index (χ0v) is 11.5. The van der Waals surface area contributed by atoms with Crippen molar-refractivity contribution in [2.45, 2.75) is 0 Å². The van der Waals surface area contributed by atoms with Gasteiger partial charge < -0.3 is 10.1 Å². The molecular formula is C12H9BrClNO3. The molecule has 0 spiro atoms. The first-order valence-corrected chi connectivity index (χ1v) is 6.46. The van der Waals surface area contributed by atoms with Gasteiger partial charge in [-0.2, -0.15) is 0 Å². The fraction of sp³-hybridized carbons (Fsp3) is 0.167. The second kappa shape index (κ2) is 5.54. The third kappa shape index (κ3) is 2.91. The van der Waals surface area contributed by atoms with Crippen LogP contribution >= 0.6 is 27.5 Å². The number of ketones is 1. The number of fused-ring (bicyclic) bond motifs is 1. The van der Waals surface area contributed by atoms with Gasteiger partial charge in [0.05, 0.1) is 11.6 Å². The number of hydrogen-bond donors (Lipinski definition) is 1. The van der Waals surface area contributed by atoms with Crippen molar-refractivity contribution < 1.29 is 14.3 Å². The predicted octanol–water partition coefficient (Wildman–Crippen LogP) is 2.60. The van der Waals surface area contributed by atoms with Crippen LogP contribution in [0, 0.1) is 0 Å². The van der Waals surface area contributed by atoms with E-state index >= 15 is 0 Å². The van der Waals surface area contributed by atoms with Crippen LogP contribution in [-0.4, -0.2) is 24.2 Å². The minimum atomic E-state index is -0.185. The molecule has 0 saturated carbocycles. The largest absolute Gasteiger partial charge is 0.482 e. The number of rotatable bonds is 3. The highest BCUT2D eigenvalue weighted by Gasteiger charge is 2.17. The van der Waals surface area contributed by atoms with Crippen molar-refractivity contribution in [1.29, 1.82) is 0 Å². The predicted molar refractivity (Wildman–Crippen MR) is 73.0 cm³/mol. The molecule has 2 rings (SSSR count). The molecule has 1 aromatic rings. The Morgan fingerprint density at radius 1 is 1.56 bits per heavy atom. The third-order valence-corrected chi connectivity index (χ3v) is 3.26. The summed E-state index contributed by atoms with van der Waals surface area (Å²) < 4.78 is 6.04. The van der Waals surface area contributed by atoms with Crippen molar-refractivity contribution in [3.8, 4) is 5.75 Å². The molecule has 0 unspecified atom stereocenters. The summed E-state index contributed by atoms with van der Waals surface area (Å²) in [5, 5.41) is 2.70. The molecule has 4 nitrogen and oxygen atoms in total. The Hall–Kier alpha value is -1.33. The van der Waals surface area contributed by atoms with E-state index in [1.54, 1.807) is 18.2 Å². The van der Waals surface area contributed by atoms with Crippen LogP contribution in [0.15, 0.2) is 22.7 Å². The topological polar surface area (TPSA) is 55.4 Å². The van der Waals surface area contributed by atoms with Crippen LogP contribution in [0.1, 0.15) is 5.56 Å². The van der Waals surface area contributed by atoms with E-state index in [-0.39, 0.29) is 24.2 Å². The molecule has 6 heteroatoms. The number of halogens is 2. The molecule has 1 aromatic carbocycles. The number of nitrogens with one attached hydrogen (secondary N) is 1. The highest BCUT2D eigenvalue weighted by Crippen LogP contribution is 2.34. The molecule has 18 heavy (non-hydrogen) atoms. The molecule has 0 aliphatic carbocycles. The van der Waals surface area contributed by atoms with E-state index in [4.69, 9.17) is 16.3 Å². The summed E-state index contributed by atoms with van der Waals surface area (Å²) in [6, 6.07) is 3.48. The summed E-state index contributed by atoms with van der Waals surface area (Å²) in [6.45, 7) is -0.00159. The monoisotopic (exact) mass is 329 g/mol. The van der Waals surface area contributed by atoms with Gasteiger partial charge in [-0.3, -0.25) is 9.59 Å². The van der Waals surface area contributed by atoms with Crippen molar-refractivity contribution in [3.05, 3.63) is 28.2 Å². The lowest BCUT2D eigenvalue weighted by Crippen LogP contribution is -2.25. The molecule has 1 heterocycles. The van der Waals surface area contributed by atoms with Crippen molar-refractivity contribution in [2.75, 3.05) is 17.8 Å². The van der Waals surface area contributed by atoms with Crippen LogP contribution in [0.5, 0.6) is 5.75 Å². The molecule has 1 N–H and O–H groups in total. The Kier molecular flexibility index (Phi) is 4.04. The molecule has 1 amide bonds. The number of allylic oxidation sites excluding steroid dienone is 1. The van der Waals surface area contributed by atoms with E-state index in [9.17, 15) is 9.59 Å². The highest BCUT2D eigenvalue weighted by molar-refractivity contribution is 9.10. The Balaban J connectivity index is 2.31. The van der Waals surface area contributed by atoms with Gasteiger partial charge in [0.2, 0.25) is 0 Å². The first-order valence-electron chi connectivity index (χ1n) is 5.13. The molecule has 0 bridgehead atoms. The standard InChI is InChI=1S/C12H9BrClNO3/c13-9-4-10-11(18-6-12(17)15-10)3-7(9)1-2-8(16)5-14/h1-4H,5-6H2,(H,15,17). The number of carbonyl (C=O) groups excluding carboxylic acids is 2. The number of amides is 1. The lowest BCUT2D eigenvalue weighted by molar-refractivity contribution is -0.118. The van der Waals surface area contributed by atoms with Crippen molar-refractivity contribution in [2.24, 2.45) is 0 Å². The fourth-order valence-electron chi connectivity index (χ4n) is 1.47. The molecule has 0 aromatic heterocycles. The number of carbonyl (C=O) groups is 2. The maximum Gasteiger partial charge on any atom is 0.262 e. The minimum absolute atomic E-state index is 0.00159.